The van der Waals surface area contributed by atoms with Crippen molar-refractivity contribution in [2.75, 3.05) is 19.6 Å². The van der Waals surface area contributed by atoms with Gasteiger partial charge in [0.2, 0.25) is 5.91 Å². The summed E-state index contributed by atoms with van der Waals surface area (Å²) in [6, 6.07) is 0. The van der Waals surface area contributed by atoms with Crippen LogP contribution in [0.4, 0.5) is 0 Å². The van der Waals surface area contributed by atoms with Gasteiger partial charge in [-0.05, 0) is 62.9 Å². The first-order valence-corrected chi connectivity index (χ1v) is 9.20. The van der Waals surface area contributed by atoms with Crippen LogP contribution in [0.3, 0.4) is 0 Å². The Labute approximate surface area is 142 Å². The minimum absolute atomic E-state index is 0. The minimum atomic E-state index is 0. The fourth-order valence-corrected chi connectivity index (χ4v) is 5.43. The highest BCUT2D eigenvalue weighted by atomic mass is 35.5. The number of nitrogens with one attached hydrogen (secondary N) is 1. The molecule has 4 heteroatoms. The second-order valence-corrected chi connectivity index (χ2v) is 7.61. The van der Waals surface area contributed by atoms with Gasteiger partial charge in [0.25, 0.3) is 0 Å². The lowest BCUT2D eigenvalue weighted by Gasteiger charge is -2.50. The number of hydrogen-bond acceptors (Lipinski definition) is 2. The Morgan fingerprint density at radius 2 is 1.95 bits per heavy atom. The second-order valence-electron chi connectivity index (χ2n) is 7.61. The van der Waals surface area contributed by atoms with Gasteiger partial charge in [0.1, 0.15) is 0 Å². The molecule has 0 spiro atoms. The van der Waals surface area contributed by atoms with Crippen molar-refractivity contribution < 1.29 is 4.79 Å². The summed E-state index contributed by atoms with van der Waals surface area (Å²) < 4.78 is 0. The molecule has 1 amide bonds. The van der Waals surface area contributed by atoms with Gasteiger partial charge in [-0.3, -0.25) is 4.79 Å². The monoisotopic (exact) mass is 328 g/mol. The van der Waals surface area contributed by atoms with Crippen LogP contribution in [0.25, 0.3) is 0 Å². The van der Waals surface area contributed by atoms with E-state index in [1.165, 1.54) is 44.9 Å². The van der Waals surface area contributed by atoms with Gasteiger partial charge in [-0.1, -0.05) is 26.7 Å². The fourth-order valence-electron chi connectivity index (χ4n) is 5.43. The van der Waals surface area contributed by atoms with Crippen molar-refractivity contribution in [2.24, 2.45) is 17.8 Å². The summed E-state index contributed by atoms with van der Waals surface area (Å²) in [4.78, 5) is 14.8. The molecule has 3 aliphatic rings. The Bertz CT molecular complexity index is 385. The van der Waals surface area contributed by atoms with Crippen molar-refractivity contribution >= 4 is 18.3 Å². The molecule has 0 saturated heterocycles. The predicted molar refractivity (Wildman–Crippen MR) is 93.3 cm³/mol. The Morgan fingerprint density at radius 1 is 1.18 bits per heavy atom. The van der Waals surface area contributed by atoms with Crippen molar-refractivity contribution in [2.45, 2.75) is 70.8 Å². The van der Waals surface area contributed by atoms with E-state index >= 15 is 0 Å². The molecule has 3 fully saturated rings. The van der Waals surface area contributed by atoms with Crippen molar-refractivity contribution in [3.05, 3.63) is 0 Å². The van der Waals surface area contributed by atoms with Crippen molar-refractivity contribution in [1.82, 2.24) is 10.2 Å². The zero-order valence-electron chi connectivity index (χ0n) is 14.3. The zero-order chi connectivity index (χ0) is 14.9. The summed E-state index contributed by atoms with van der Waals surface area (Å²) in [5.74, 6) is 2.96. The number of halogens is 1. The quantitative estimate of drug-likeness (QED) is 0.807. The Balaban J connectivity index is 0.00000176. The summed E-state index contributed by atoms with van der Waals surface area (Å²) in [5.41, 5.74) is 0.177. The molecule has 128 valence electrons. The highest BCUT2D eigenvalue weighted by molar-refractivity contribution is 5.85. The van der Waals surface area contributed by atoms with Gasteiger partial charge in [0.15, 0.2) is 0 Å². The second kappa shape index (κ2) is 7.53. The molecule has 3 rings (SSSR count). The molecule has 22 heavy (non-hydrogen) atoms. The molecule has 4 unspecified atom stereocenters. The van der Waals surface area contributed by atoms with Crippen LogP contribution in [0.15, 0.2) is 0 Å². The molecule has 3 aliphatic carbocycles. The van der Waals surface area contributed by atoms with Crippen LogP contribution in [0, 0.1) is 17.8 Å². The lowest BCUT2D eigenvalue weighted by Crippen LogP contribution is -2.58. The van der Waals surface area contributed by atoms with E-state index in [-0.39, 0.29) is 17.9 Å². The van der Waals surface area contributed by atoms with E-state index < -0.39 is 0 Å². The number of amides is 1. The predicted octanol–water partition coefficient (Wildman–Crippen LogP) is 3.62. The molecule has 4 bridgehead atoms. The van der Waals surface area contributed by atoms with Crippen LogP contribution >= 0.6 is 12.4 Å². The van der Waals surface area contributed by atoms with E-state index in [0.717, 1.165) is 37.4 Å². The smallest absolute Gasteiger partial charge is 0.221 e. The molecule has 0 aromatic heterocycles. The van der Waals surface area contributed by atoms with Gasteiger partial charge >= 0.3 is 0 Å². The Kier molecular flexibility index (Phi) is 6.18. The summed E-state index contributed by atoms with van der Waals surface area (Å²) in [7, 11) is 0. The average molecular weight is 329 g/mol. The number of rotatable bonds is 6. The number of carbonyl (C=O) groups excluding carboxylic acids is 1. The van der Waals surface area contributed by atoms with Crippen LogP contribution in [0.2, 0.25) is 0 Å². The molecule has 0 aromatic rings. The maximum absolute atomic E-state index is 12.5. The molecule has 0 aliphatic heterocycles. The summed E-state index contributed by atoms with van der Waals surface area (Å²) in [6.07, 6.45) is 10.1. The first-order chi connectivity index (χ1) is 10.2. The lowest BCUT2D eigenvalue weighted by atomic mass is 9.61. The van der Waals surface area contributed by atoms with Crippen molar-refractivity contribution in [1.29, 1.82) is 0 Å². The van der Waals surface area contributed by atoms with Gasteiger partial charge in [-0.15, -0.1) is 12.4 Å². The molecule has 1 N–H and O–H groups in total. The normalized spacial score (nSPS) is 36.0. The van der Waals surface area contributed by atoms with Gasteiger partial charge in [-0.25, -0.2) is 0 Å². The molecule has 0 heterocycles. The van der Waals surface area contributed by atoms with Crippen LogP contribution < -0.4 is 5.32 Å². The standard InChI is InChI=1S/C18H32N2O.ClH/c1-3-20(4-2)11-9-17(21)19-18-10-5-6-15(13-18)14-7-8-16(18)12-14;/h14-16H,3-13H2,1-2H3,(H,19,21);1H. The summed E-state index contributed by atoms with van der Waals surface area (Å²) >= 11 is 0. The average Bonchev–Trinajstić information content (AvgIpc) is 2.95. The summed E-state index contributed by atoms with van der Waals surface area (Å²) in [5, 5.41) is 3.53. The third-order valence-corrected chi connectivity index (χ3v) is 6.68. The number of hydrogen-bond donors (Lipinski definition) is 1. The fraction of sp³-hybridized carbons (Fsp3) is 0.944. The van der Waals surface area contributed by atoms with E-state index in [9.17, 15) is 4.79 Å². The highest BCUT2D eigenvalue weighted by Crippen LogP contribution is 2.56. The van der Waals surface area contributed by atoms with E-state index in [1.807, 2.05) is 0 Å². The minimum Gasteiger partial charge on any atom is -0.350 e. The largest absolute Gasteiger partial charge is 0.350 e. The number of carbonyl (C=O) groups is 1. The third-order valence-electron chi connectivity index (χ3n) is 6.68. The number of nitrogens with zero attached hydrogens (tertiary/aromatic N) is 1. The molecule has 0 aromatic carbocycles. The van der Waals surface area contributed by atoms with E-state index in [2.05, 4.69) is 24.1 Å². The molecule has 4 atom stereocenters. The zero-order valence-corrected chi connectivity index (χ0v) is 15.1. The van der Waals surface area contributed by atoms with E-state index in [4.69, 9.17) is 0 Å². The van der Waals surface area contributed by atoms with E-state index in [1.54, 1.807) is 0 Å². The lowest BCUT2D eigenvalue weighted by molar-refractivity contribution is -0.125. The maximum Gasteiger partial charge on any atom is 0.221 e. The van der Waals surface area contributed by atoms with Crippen LogP contribution in [-0.4, -0.2) is 36.0 Å². The Morgan fingerprint density at radius 3 is 2.68 bits per heavy atom. The topological polar surface area (TPSA) is 32.3 Å². The van der Waals surface area contributed by atoms with Gasteiger partial charge in [0.05, 0.1) is 0 Å². The van der Waals surface area contributed by atoms with Gasteiger partial charge in [0, 0.05) is 18.5 Å². The first kappa shape index (κ1) is 18.1. The van der Waals surface area contributed by atoms with E-state index in [0.29, 0.717) is 12.3 Å². The molecule has 3 nitrogen and oxygen atoms in total. The summed E-state index contributed by atoms with van der Waals surface area (Å²) in [6.45, 7) is 7.34. The first-order valence-electron chi connectivity index (χ1n) is 9.20. The highest BCUT2D eigenvalue weighted by Gasteiger charge is 2.53. The molecular formula is C18H33ClN2O. The van der Waals surface area contributed by atoms with Gasteiger partial charge < -0.3 is 10.2 Å². The molecular weight excluding hydrogens is 296 g/mol. The Hall–Kier alpha value is -0.280. The third kappa shape index (κ3) is 3.46. The van der Waals surface area contributed by atoms with Crippen molar-refractivity contribution in [3.63, 3.8) is 0 Å². The number of fused-ring (bicyclic) bond motifs is 6. The molecule has 3 saturated carbocycles. The van der Waals surface area contributed by atoms with Crippen LogP contribution in [0.5, 0.6) is 0 Å². The SMILES string of the molecule is CCN(CC)CCC(=O)NC12CCCC(C1)C1CCC2C1.Cl. The maximum atomic E-state index is 12.5. The van der Waals surface area contributed by atoms with Crippen molar-refractivity contribution in [3.8, 4) is 0 Å². The van der Waals surface area contributed by atoms with Crippen LogP contribution in [-0.2, 0) is 4.79 Å². The van der Waals surface area contributed by atoms with Gasteiger partial charge in [-0.2, -0.15) is 0 Å². The molecule has 0 radical (unpaired) electrons. The van der Waals surface area contributed by atoms with Crippen LogP contribution in [0.1, 0.15) is 65.2 Å².